The van der Waals surface area contributed by atoms with Gasteiger partial charge >= 0.3 is 5.97 Å². The molecule has 1 fully saturated rings. The maximum Gasteiger partial charge on any atom is 0.341 e. The summed E-state index contributed by atoms with van der Waals surface area (Å²) in [6, 6.07) is 0. The van der Waals surface area contributed by atoms with Crippen molar-refractivity contribution in [2.45, 2.75) is 58.7 Å². The van der Waals surface area contributed by atoms with Crippen molar-refractivity contribution in [3.8, 4) is 0 Å². The van der Waals surface area contributed by atoms with Gasteiger partial charge in [0, 0.05) is 12.3 Å². The maximum absolute atomic E-state index is 12.0. The van der Waals surface area contributed by atoms with Crippen LogP contribution in [0.2, 0.25) is 0 Å². The number of methoxy groups -OCH3 is 1. The summed E-state index contributed by atoms with van der Waals surface area (Å²) in [6.45, 7) is 8.24. The van der Waals surface area contributed by atoms with Crippen molar-refractivity contribution in [3.05, 3.63) is 11.1 Å². The molecular formula is C16H24O4. The van der Waals surface area contributed by atoms with Gasteiger partial charge in [0.25, 0.3) is 0 Å². The molecule has 0 N–H and O–H groups in total. The van der Waals surface area contributed by atoms with E-state index < -0.39 is 5.97 Å². The van der Waals surface area contributed by atoms with Crippen LogP contribution in [0.25, 0.3) is 0 Å². The summed E-state index contributed by atoms with van der Waals surface area (Å²) in [5.74, 6) is -0.0687. The van der Waals surface area contributed by atoms with E-state index in [1.165, 1.54) is 7.11 Å². The molecule has 0 aromatic carbocycles. The number of ketones is 1. The Balaban J connectivity index is 2.35. The summed E-state index contributed by atoms with van der Waals surface area (Å²) in [7, 11) is 1.33. The second-order valence-electron chi connectivity index (χ2n) is 6.84. The topological polar surface area (TPSA) is 52.6 Å². The van der Waals surface area contributed by atoms with Crippen molar-refractivity contribution < 1.29 is 19.1 Å². The molecule has 0 aliphatic heterocycles. The highest BCUT2D eigenvalue weighted by atomic mass is 16.5. The Kier molecular flexibility index (Phi) is 4.05. The second kappa shape index (κ2) is 5.32. The standard InChI is InChI=1S/C16H24O4/c1-9-8-11-10(14(9)20-16(2,3)4)6-7-12(17)13(11)15(18)19-5/h9-10,14H,6-8H2,1-5H3/t9?,10?,14-/m1/s1. The lowest BCUT2D eigenvalue weighted by molar-refractivity contribution is -0.138. The summed E-state index contributed by atoms with van der Waals surface area (Å²) in [6.07, 6.45) is 2.02. The van der Waals surface area contributed by atoms with Crippen LogP contribution in [-0.2, 0) is 19.1 Å². The molecule has 0 aromatic rings. The van der Waals surface area contributed by atoms with E-state index in [9.17, 15) is 9.59 Å². The fraction of sp³-hybridized carbons (Fsp3) is 0.750. The molecule has 2 aliphatic carbocycles. The van der Waals surface area contributed by atoms with Crippen LogP contribution in [0.5, 0.6) is 0 Å². The number of carbonyl (C=O) groups is 2. The van der Waals surface area contributed by atoms with Crippen molar-refractivity contribution >= 4 is 11.8 Å². The molecule has 2 aliphatic rings. The van der Waals surface area contributed by atoms with Crippen LogP contribution in [0.1, 0.15) is 47.0 Å². The second-order valence-corrected chi connectivity index (χ2v) is 6.84. The number of rotatable bonds is 2. The number of hydrogen-bond donors (Lipinski definition) is 0. The number of hydrogen-bond acceptors (Lipinski definition) is 4. The van der Waals surface area contributed by atoms with Gasteiger partial charge in [-0.15, -0.1) is 0 Å². The van der Waals surface area contributed by atoms with E-state index in [2.05, 4.69) is 6.92 Å². The molecule has 0 heterocycles. The summed E-state index contributed by atoms with van der Waals surface area (Å²) >= 11 is 0. The summed E-state index contributed by atoms with van der Waals surface area (Å²) in [4.78, 5) is 23.9. The Morgan fingerprint density at radius 2 is 1.95 bits per heavy atom. The predicted molar refractivity (Wildman–Crippen MR) is 75.2 cm³/mol. The third-order valence-corrected chi connectivity index (χ3v) is 4.11. The number of Topliss-reactive ketones (excluding diaryl/α,β-unsaturated/α-hetero) is 1. The quantitative estimate of drug-likeness (QED) is 0.576. The average molecular weight is 280 g/mol. The molecule has 0 saturated heterocycles. The van der Waals surface area contributed by atoms with E-state index in [1.807, 2.05) is 20.8 Å². The van der Waals surface area contributed by atoms with Gasteiger partial charge < -0.3 is 9.47 Å². The fourth-order valence-electron chi connectivity index (χ4n) is 3.38. The van der Waals surface area contributed by atoms with Gasteiger partial charge in [-0.3, -0.25) is 4.79 Å². The monoisotopic (exact) mass is 280 g/mol. The maximum atomic E-state index is 12.0. The van der Waals surface area contributed by atoms with Crippen LogP contribution >= 0.6 is 0 Å². The number of carbonyl (C=O) groups excluding carboxylic acids is 2. The molecule has 20 heavy (non-hydrogen) atoms. The first-order chi connectivity index (χ1) is 9.24. The van der Waals surface area contributed by atoms with Gasteiger partial charge in [-0.25, -0.2) is 4.79 Å². The highest BCUT2D eigenvalue weighted by molar-refractivity contribution is 6.18. The molecule has 0 bridgehead atoms. The smallest absolute Gasteiger partial charge is 0.341 e. The van der Waals surface area contributed by atoms with E-state index in [0.717, 1.165) is 18.4 Å². The van der Waals surface area contributed by atoms with Crippen LogP contribution in [-0.4, -0.2) is 30.6 Å². The van der Waals surface area contributed by atoms with Crippen LogP contribution < -0.4 is 0 Å². The van der Waals surface area contributed by atoms with E-state index in [4.69, 9.17) is 9.47 Å². The lowest BCUT2D eigenvalue weighted by atomic mass is 9.83. The van der Waals surface area contributed by atoms with Crippen molar-refractivity contribution in [2.24, 2.45) is 11.8 Å². The molecule has 1 saturated carbocycles. The van der Waals surface area contributed by atoms with Gasteiger partial charge in [0.2, 0.25) is 0 Å². The Bertz CT molecular complexity index is 456. The van der Waals surface area contributed by atoms with Gasteiger partial charge in [0.1, 0.15) is 5.57 Å². The Labute approximate surface area is 120 Å². The average Bonchev–Trinajstić information content (AvgIpc) is 2.63. The van der Waals surface area contributed by atoms with Crippen molar-refractivity contribution in [2.75, 3.05) is 7.11 Å². The van der Waals surface area contributed by atoms with E-state index in [0.29, 0.717) is 12.3 Å². The predicted octanol–water partition coefficient (Wildman–Crippen LogP) is 2.66. The summed E-state index contributed by atoms with van der Waals surface area (Å²) in [5.41, 5.74) is 1.02. The van der Waals surface area contributed by atoms with Gasteiger partial charge in [-0.05, 0) is 45.1 Å². The normalized spacial score (nSPS) is 30.4. The zero-order valence-corrected chi connectivity index (χ0v) is 13.0. The minimum atomic E-state index is -0.488. The van der Waals surface area contributed by atoms with Crippen molar-refractivity contribution in [1.29, 1.82) is 0 Å². The van der Waals surface area contributed by atoms with E-state index in [-0.39, 0.29) is 29.0 Å². The largest absolute Gasteiger partial charge is 0.465 e. The van der Waals surface area contributed by atoms with Crippen LogP contribution in [0.4, 0.5) is 0 Å². The molecule has 4 heteroatoms. The molecule has 0 aromatic heterocycles. The van der Waals surface area contributed by atoms with Gasteiger partial charge in [-0.1, -0.05) is 6.92 Å². The molecule has 2 unspecified atom stereocenters. The molecule has 0 radical (unpaired) electrons. The molecule has 0 amide bonds. The van der Waals surface area contributed by atoms with Crippen molar-refractivity contribution in [1.82, 2.24) is 0 Å². The summed E-state index contributed by atoms with van der Waals surface area (Å²) in [5, 5.41) is 0. The highest BCUT2D eigenvalue weighted by Gasteiger charge is 2.45. The lowest BCUT2D eigenvalue weighted by Gasteiger charge is -2.32. The molecule has 3 atom stereocenters. The number of fused-ring (bicyclic) bond motifs is 1. The highest BCUT2D eigenvalue weighted by Crippen LogP contribution is 2.46. The first kappa shape index (κ1) is 15.2. The van der Waals surface area contributed by atoms with Crippen molar-refractivity contribution in [3.63, 3.8) is 0 Å². The molecule has 2 rings (SSSR count). The zero-order valence-electron chi connectivity index (χ0n) is 13.0. The minimum absolute atomic E-state index is 0.0771. The molecule has 4 nitrogen and oxygen atoms in total. The third kappa shape index (κ3) is 2.80. The fourth-order valence-corrected chi connectivity index (χ4v) is 3.38. The van der Waals surface area contributed by atoms with Gasteiger partial charge in [0.15, 0.2) is 5.78 Å². The van der Waals surface area contributed by atoms with Crippen LogP contribution in [0.3, 0.4) is 0 Å². The van der Waals surface area contributed by atoms with Crippen LogP contribution in [0.15, 0.2) is 11.1 Å². The third-order valence-electron chi connectivity index (χ3n) is 4.11. The minimum Gasteiger partial charge on any atom is -0.465 e. The zero-order chi connectivity index (χ0) is 15.1. The first-order valence-corrected chi connectivity index (χ1v) is 7.27. The number of esters is 1. The molecule has 112 valence electrons. The lowest BCUT2D eigenvalue weighted by Crippen LogP contribution is -2.35. The Hall–Kier alpha value is -1.16. The molecule has 0 spiro atoms. The Morgan fingerprint density at radius 3 is 2.50 bits per heavy atom. The van der Waals surface area contributed by atoms with Gasteiger partial charge in [0.05, 0.1) is 18.8 Å². The van der Waals surface area contributed by atoms with Crippen LogP contribution in [0, 0.1) is 11.8 Å². The number of ether oxygens (including phenoxy) is 2. The first-order valence-electron chi connectivity index (χ1n) is 7.27. The van der Waals surface area contributed by atoms with E-state index in [1.54, 1.807) is 0 Å². The van der Waals surface area contributed by atoms with Gasteiger partial charge in [-0.2, -0.15) is 0 Å². The summed E-state index contributed by atoms with van der Waals surface area (Å²) < 4.78 is 11.0. The van der Waals surface area contributed by atoms with E-state index >= 15 is 0 Å². The SMILES string of the molecule is COC(=O)C1=C2CC(C)[C@@H](OC(C)(C)C)C2CCC1=O. The molecular weight excluding hydrogens is 256 g/mol. The Morgan fingerprint density at radius 1 is 1.30 bits per heavy atom.